The first-order chi connectivity index (χ1) is 9.41. The lowest BCUT2D eigenvalue weighted by Gasteiger charge is -2.32. The molecule has 0 spiro atoms. The fourth-order valence-electron chi connectivity index (χ4n) is 2.84. The van der Waals surface area contributed by atoms with E-state index in [0.717, 1.165) is 18.4 Å². The van der Waals surface area contributed by atoms with E-state index in [-0.39, 0.29) is 18.3 Å². The lowest BCUT2D eigenvalue weighted by atomic mass is 9.75. The quantitative estimate of drug-likeness (QED) is 0.835. The number of pyridine rings is 1. The molecule has 2 aliphatic heterocycles. The molecule has 2 fully saturated rings. The van der Waals surface area contributed by atoms with Crippen molar-refractivity contribution in [3.63, 3.8) is 0 Å². The molecule has 1 atom stereocenters. The van der Waals surface area contributed by atoms with Crippen LogP contribution in [0.2, 0.25) is 0 Å². The van der Waals surface area contributed by atoms with Gasteiger partial charge in [0.2, 0.25) is 0 Å². The summed E-state index contributed by atoms with van der Waals surface area (Å²) in [4.78, 5) is 4.28. The van der Waals surface area contributed by atoms with Crippen molar-refractivity contribution < 1.29 is 9.31 Å². The molecule has 0 saturated carbocycles. The number of rotatable bonds is 2. The largest absolute Gasteiger partial charge is 0.495 e. The van der Waals surface area contributed by atoms with E-state index in [1.807, 2.05) is 18.5 Å². The van der Waals surface area contributed by atoms with Gasteiger partial charge in [0.05, 0.1) is 11.2 Å². The monoisotopic (exact) mass is 274 g/mol. The molecule has 1 N–H and O–H groups in total. The summed E-state index contributed by atoms with van der Waals surface area (Å²) in [6, 6.07) is 2.40. The van der Waals surface area contributed by atoms with Gasteiger partial charge in [0.1, 0.15) is 0 Å². The molecule has 0 aromatic carbocycles. The third-order valence-corrected chi connectivity index (χ3v) is 4.83. The van der Waals surface area contributed by atoms with Crippen molar-refractivity contribution in [1.29, 1.82) is 0 Å². The van der Waals surface area contributed by atoms with Crippen LogP contribution in [0.25, 0.3) is 0 Å². The molecular formula is C15H23BN2O2. The average molecular weight is 274 g/mol. The van der Waals surface area contributed by atoms with Gasteiger partial charge < -0.3 is 14.6 Å². The lowest BCUT2D eigenvalue weighted by Crippen LogP contribution is -2.41. The summed E-state index contributed by atoms with van der Waals surface area (Å²) in [5.41, 5.74) is 1.71. The van der Waals surface area contributed by atoms with Crippen LogP contribution in [0.3, 0.4) is 0 Å². The Morgan fingerprint density at radius 3 is 2.55 bits per heavy atom. The topological polar surface area (TPSA) is 43.4 Å². The van der Waals surface area contributed by atoms with Crippen LogP contribution in [0.5, 0.6) is 0 Å². The molecule has 2 saturated heterocycles. The first-order valence-electron chi connectivity index (χ1n) is 7.43. The summed E-state index contributed by atoms with van der Waals surface area (Å²) in [6.45, 7) is 9.41. The summed E-state index contributed by atoms with van der Waals surface area (Å²) in [5, 5.41) is 3.53. The summed E-state index contributed by atoms with van der Waals surface area (Å²) in [5.74, 6) is 0. The molecule has 3 heterocycles. The number of nitrogens with zero attached hydrogens (tertiary/aromatic N) is 1. The summed E-state index contributed by atoms with van der Waals surface area (Å²) >= 11 is 0. The van der Waals surface area contributed by atoms with Crippen LogP contribution in [-0.4, -0.2) is 29.8 Å². The van der Waals surface area contributed by atoms with E-state index >= 15 is 0 Å². The van der Waals surface area contributed by atoms with Crippen LogP contribution in [-0.2, 0) is 9.31 Å². The molecule has 20 heavy (non-hydrogen) atoms. The normalized spacial score (nSPS) is 28.0. The maximum atomic E-state index is 6.17. The maximum Gasteiger partial charge on any atom is 0.495 e. The summed E-state index contributed by atoms with van der Waals surface area (Å²) in [6.07, 6.45) is 6.13. The van der Waals surface area contributed by atoms with E-state index in [0.29, 0.717) is 6.04 Å². The van der Waals surface area contributed by atoms with Crippen molar-refractivity contribution in [3.05, 3.63) is 24.0 Å². The standard InChI is InChI=1S/C15H23BN2O2/c1-14(2)15(3,4)20-16(19-14)12-7-9-17-10-11(12)13-6-5-8-18-13/h7,9-10,13,18H,5-6,8H2,1-4H3. The Labute approximate surface area is 121 Å². The van der Waals surface area contributed by atoms with E-state index in [2.05, 4.69) is 38.0 Å². The van der Waals surface area contributed by atoms with Gasteiger partial charge in [-0.25, -0.2) is 0 Å². The molecule has 4 nitrogen and oxygen atoms in total. The molecule has 1 aromatic heterocycles. The first kappa shape index (κ1) is 14.0. The second-order valence-corrected chi connectivity index (χ2v) is 6.74. The van der Waals surface area contributed by atoms with Gasteiger partial charge in [0.15, 0.2) is 0 Å². The van der Waals surface area contributed by atoms with E-state index in [9.17, 15) is 0 Å². The molecule has 5 heteroatoms. The van der Waals surface area contributed by atoms with Crippen LogP contribution < -0.4 is 10.8 Å². The number of hydrogen-bond acceptors (Lipinski definition) is 4. The predicted octanol–water partition coefficient (Wildman–Crippen LogP) is 1.81. The Hall–Kier alpha value is -0.905. The lowest BCUT2D eigenvalue weighted by molar-refractivity contribution is 0.00578. The minimum absolute atomic E-state index is 0.304. The summed E-state index contributed by atoms with van der Waals surface area (Å²) in [7, 11) is -0.305. The van der Waals surface area contributed by atoms with Crippen LogP contribution in [0.4, 0.5) is 0 Å². The van der Waals surface area contributed by atoms with Gasteiger partial charge in [0.25, 0.3) is 0 Å². The zero-order valence-corrected chi connectivity index (χ0v) is 12.8. The molecule has 1 aromatic rings. The van der Waals surface area contributed by atoms with Crippen molar-refractivity contribution in [2.75, 3.05) is 6.54 Å². The smallest absolute Gasteiger partial charge is 0.399 e. The average Bonchev–Trinajstić information content (AvgIpc) is 2.97. The molecule has 0 amide bonds. The van der Waals surface area contributed by atoms with Gasteiger partial charge in [-0.3, -0.25) is 4.98 Å². The van der Waals surface area contributed by atoms with Gasteiger partial charge in [-0.15, -0.1) is 0 Å². The minimum atomic E-state index is -0.305. The molecule has 0 bridgehead atoms. The fourth-order valence-corrected chi connectivity index (χ4v) is 2.84. The van der Waals surface area contributed by atoms with Gasteiger partial charge in [-0.1, -0.05) is 0 Å². The van der Waals surface area contributed by atoms with Gasteiger partial charge in [-0.05, 0) is 64.2 Å². The Bertz CT molecular complexity index is 482. The van der Waals surface area contributed by atoms with Gasteiger partial charge >= 0.3 is 7.12 Å². The molecular weight excluding hydrogens is 251 g/mol. The third-order valence-electron chi connectivity index (χ3n) is 4.83. The zero-order valence-electron chi connectivity index (χ0n) is 12.8. The number of aromatic nitrogens is 1. The van der Waals surface area contributed by atoms with Crippen molar-refractivity contribution in [3.8, 4) is 0 Å². The number of hydrogen-bond donors (Lipinski definition) is 1. The van der Waals surface area contributed by atoms with Crippen molar-refractivity contribution >= 4 is 12.6 Å². The van der Waals surface area contributed by atoms with Gasteiger partial charge in [0, 0.05) is 18.4 Å². The number of nitrogens with one attached hydrogen (secondary N) is 1. The van der Waals surface area contributed by atoms with E-state index in [4.69, 9.17) is 9.31 Å². The second-order valence-electron chi connectivity index (χ2n) is 6.74. The Morgan fingerprint density at radius 1 is 1.25 bits per heavy atom. The highest BCUT2D eigenvalue weighted by atomic mass is 16.7. The Morgan fingerprint density at radius 2 is 1.95 bits per heavy atom. The predicted molar refractivity (Wildman–Crippen MR) is 79.9 cm³/mol. The molecule has 2 aliphatic rings. The van der Waals surface area contributed by atoms with Crippen LogP contribution in [0, 0.1) is 0 Å². The zero-order chi connectivity index (χ0) is 14.4. The van der Waals surface area contributed by atoms with Crippen LogP contribution >= 0.6 is 0 Å². The van der Waals surface area contributed by atoms with E-state index in [1.54, 1.807) is 0 Å². The van der Waals surface area contributed by atoms with E-state index < -0.39 is 0 Å². The molecule has 0 radical (unpaired) electrons. The molecule has 108 valence electrons. The first-order valence-corrected chi connectivity index (χ1v) is 7.43. The van der Waals surface area contributed by atoms with Crippen molar-refractivity contribution in [2.24, 2.45) is 0 Å². The Balaban J connectivity index is 1.92. The van der Waals surface area contributed by atoms with E-state index in [1.165, 1.54) is 12.0 Å². The summed E-state index contributed by atoms with van der Waals surface area (Å²) < 4.78 is 12.3. The van der Waals surface area contributed by atoms with Crippen molar-refractivity contribution in [1.82, 2.24) is 10.3 Å². The highest BCUT2D eigenvalue weighted by Gasteiger charge is 2.52. The SMILES string of the molecule is CC1(C)OB(c2ccncc2C2CCCN2)OC1(C)C. The van der Waals surface area contributed by atoms with Crippen LogP contribution in [0.15, 0.2) is 18.5 Å². The molecule has 1 unspecified atom stereocenters. The fraction of sp³-hybridized carbons (Fsp3) is 0.667. The highest BCUT2D eigenvalue weighted by molar-refractivity contribution is 6.62. The highest BCUT2D eigenvalue weighted by Crippen LogP contribution is 2.37. The third kappa shape index (κ3) is 2.28. The minimum Gasteiger partial charge on any atom is -0.399 e. The maximum absolute atomic E-state index is 6.17. The van der Waals surface area contributed by atoms with Gasteiger partial charge in [-0.2, -0.15) is 0 Å². The molecule has 0 aliphatic carbocycles. The molecule has 3 rings (SSSR count). The van der Waals surface area contributed by atoms with Crippen LogP contribution in [0.1, 0.15) is 52.1 Å². The van der Waals surface area contributed by atoms with Crippen molar-refractivity contribution in [2.45, 2.75) is 57.8 Å². The second kappa shape index (κ2) is 4.83. The Kier molecular flexibility index (Phi) is 3.39.